The number of carbonyl (C=O) groups excluding carboxylic acids is 1. The van der Waals surface area contributed by atoms with E-state index < -0.39 is 0 Å². The second-order valence-corrected chi connectivity index (χ2v) is 3.11. The molecule has 54 valence electrons. The lowest BCUT2D eigenvalue weighted by atomic mass is 10.6. The second kappa shape index (κ2) is 3.58. The Morgan fingerprint density at radius 1 is 1.80 bits per heavy atom. The van der Waals surface area contributed by atoms with Crippen molar-refractivity contribution in [3.05, 3.63) is 15.8 Å². The van der Waals surface area contributed by atoms with E-state index in [1.54, 1.807) is 11.4 Å². The van der Waals surface area contributed by atoms with Crippen molar-refractivity contribution in [3.63, 3.8) is 0 Å². The lowest BCUT2D eigenvalue weighted by Crippen LogP contribution is -1.95. The van der Waals surface area contributed by atoms with E-state index in [0.717, 1.165) is 0 Å². The van der Waals surface area contributed by atoms with Crippen LogP contribution in [0.3, 0.4) is 0 Å². The molecule has 2 nitrogen and oxygen atoms in total. The molecule has 0 aliphatic carbocycles. The first-order chi connectivity index (χ1) is 4.83. The highest BCUT2D eigenvalue weighted by Crippen LogP contribution is 2.25. The lowest BCUT2D eigenvalue weighted by molar-refractivity contribution is -0.109. The second-order valence-electron chi connectivity index (χ2n) is 1.56. The van der Waals surface area contributed by atoms with Crippen molar-refractivity contribution in [2.75, 3.05) is 6.61 Å². The first-order valence-electron chi connectivity index (χ1n) is 2.63. The molecular weight excluding hydrogens is 172 g/mol. The number of carbonyl (C=O) groups is 1. The number of rotatable bonds is 3. The molecule has 0 saturated carbocycles. The first-order valence-corrected chi connectivity index (χ1v) is 3.89. The quantitative estimate of drug-likeness (QED) is 0.659. The van der Waals surface area contributed by atoms with Crippen molar-refractivity contribution < 1.29 is 9.53 Å². The van der Waals surface area contributed by atoms with Crippen LogP contribution in [0.1, 0.15) is 0 Å². The number of halogens is 1. The van der Waals surface area contributed by atoms with Crippen LogP contribution in [0.15, 0.2) is 11.4 Å². The van der Waals surface area contributed by atoms with Gasteiger partial charge in [-0.05, 0) is 0 Å². The zero-order valence-corrected chi connectivity index (χ0v) is 6.61. The summed E-state index contributed by atoms with van der Waals surface area (Å²) in [6.07, 6.45) is 0.700. The number of ether oxygens (including phenoxy) is 1. The van der Waals surface area contributed by atoms with Gasteiger partial charge >= 0.3 is 0 Å². The number of hydrogen-bond acceptors (Lipinski definition) is 3. The topological polar surface area (TPSA) is 26.3 Å². The van der Waals surface area contributed by atoms with Gasteiger partial charge in [-0.1, -0.05) is 11.6 Å². The highest BCUT2D eigenvalue weighted by molar-refractivity contribution is 7.14. The third kappa shape index (κ3) is 2.01. The zero-order chi connectivity index (χ0) is 7.40. The molecule has 0 fully saturated rings. The van der Waals surface area contributed by atoms with Crippen LogP contribution in [-0.4, -0.2) is 12.9 Å². The van der Waals surface area contributed by atoms with E-state index in [0.29, 0.717) is 16.4 Å². The molecule has 4 heteroatoms. The SMILES string of the molecule is O=CCOc1csc(Cl)c1. The predicted octanol–water partition coefficient (Wildman–Crippen LogP) is 1.98. The van der Waals surface area contributed by atoms with Gasteiger partial charge in [-0.25, -0.2) is 0 Å². The zero-order valence-electron chi connectivity index (χ0n) is 5.04. The summed E-state index contributed by atoms with van der Waals surface area (Å²) in [5.41, 5.74) is 0. The summed E-state index contributed by atoms with van der Waals surface area (Å²) < 4.78 is 5.60. The van der Waals surface area contributed by atoms with Crippen molar-refractivity contribution in [1.82, 2.24) is 0 Å². The summed E-state index contributed by atoms with van der Waals surface area (Å²) >= 11 is 6.97. The number of aldehydes is 1. The van der Waals surface area contributed by atoms with E-state index >= 15 is 0 Å². The van der Waals surface area contributed by atoms with Gasteiger partial charge in [0.25, 0.3) is 0 Å². The lowest BCUT2D eigenvalue weighted by Gasteiger charge is -1.93. The Labute approximate surface area is 67.4 Å². The Hall–Kier alpha value is -0.540. The molecule has 0 aromatic carbocycles. The fourth-order valence-electron chi connectivity index (χ4n) is 0.500. The fourth-order valence-corrected chi connectivity index (χ4v) is 1.29. The minimum Gasteiger partial charge on any atom is -0.485 e. The van der Waals surface area contributed by atoms with Crippen LogP contribution in [-0.2, 0) is 4.79 Å². The van der Waals surface area contributed by atoms with Crippen molar-refractivity contribution in [1.29, 1.82) is 0 Å². The van der Waals surface area contributed by atoms with Gasteiger partial charge < -0.3 is 4.74 Å². The van der Waals surface area contributed by atoms with Gasteiger partial charge in [0.1, 0.15) is 12.4 Å². The minimum atomic E-state index is 0.0903. The summed E-state index contributed by atoms with van der Waals surface area (Å²) in [7, 11) is 0. The van der Waals surface area contributed by atoms with Gasteiger partial charge in [-0.15, -0.1) is 11.3 Å². The molecular formula is C6H5ClO2S. The Morgan fingerprint density at radius 2 is 2.60 bits per heavy atom. The molecule has 1 heterocycles. The molecule has 0 spiro atoms. The molecule has 0 unspecified atom stereocenters. The third-order valence-electron chi connectivity index (χ3n) is 0.861. The summed E-state index contributed by atoms with van der Waals surface area (Å²) in [5, 5.41) is 1.76. The van der Waals surface area contributed by atoms with E-state index in [2.05, 4.69) is 0 Å². The van der Waals surface area contributed by atoms with Crippen LogP contribution >= 0.6 is 22.9 Å². The molecule has 10 heavy (non-hydrogen) atoms. The van der Waals surface area contributed by atoms with E-state index in [1.807, 2.05) is 0 Å². The molecule has 0 saturated heterocycles. The standard InChI is InChI=1S/C6H5ClO2S/c7-6-3-5(4-10-6)9-2-1-8/h1,3-4H,2H2. The van der Waals surface area contributed by atoms with Crippen molar-refractivity contribution in [2.24, 2.45) is 0 Å². The molecule has 0 aliphatic rings. The van der Waals surface area contributed by atoms with Crippen LogP contribution in [0.4, 0.5) is 0 Å². The predicted molar refractivity (Wildman–Crippen MR) is 40.9 cm³/mol. The maximum atomic E-state index is 9.83. The van der Waals surface area contributed by atoms with Crippen LogP contribution in [0.5, 0.6) is 5.75 Å². The van der Waals surface area contributed by atoms with E-state index in [1.165, 1.54) is 11.3 Å². The Bertz CT molecular complexity index is 221. The maximum Gasteiger partial charge on any atom is 0.157 e. The van der Waals surface area contributed by atoms with E-state index in [4.69, 9.17) is 16.3 Å². The molecule has 1 aromatic heterocycles. The summed E-state index contributed by atoms with van der Waals surface area (Å²) in [5.74, 6) is 0.655. The maximum absolute atomic E-state index is 9.83. The Morgan fingerprint density at radius 3 is 3.10 bits per heavy atom. The Balaban J connectivity index is 2.49. The van der Waals surface area contributed by atoms with Crippen LogP contribution < -0.4 is 4.74 Å². The van der Waals surface area contributed by atoms with Gasteiger partial charge in [0.15, 0.2) is 6.29 Å². The average Bonchev–Trinajstić information content (AvgIpc) is 2.31. The van der Waals surface area contributed by atoms with E-state index in [-0.39, 0.29) is 6.61 Å². The van der Waals surface area contributed by atoms with Gasteiger partial charge in [-0.3, -0.25) is 4.79 Å². The number of thiophene rings is 1. The van der Waals surface area contributed by atoms with Gasteiger partial charge in [0.05, 0.1) is 4.34 Å². The van der Waals surface area contributed by atoms with Gasteiger partial charge in [0, 0.05) is 11.4 Å². The Kier molecular flexibility index (Phi) is 2.71. The molecule has 0 aliphatic heterocycles. The van der Waals surface area contributed by atoms with Crippen molar-refractivity contribution in [3.8, 4) is 5.75 Å². The fraction of sp³-hybridized carbons (Fsp3) is 0.167. The molecule has 0 atom stereocenters. The summed E-state index contributed by atoms with van der Waals surface area (Å²) in [6.45, 7) is 0.0903. The van der Waals surface area contributed by atoms with Gasteiger partial charge in [0.2, 0.25) is 0 Å². The average molecular weight is 177 g/mol. The van der Waals surface area contributed by atoms with Crippen molar-refractivity contribution in [2.45, 2.75) is 0 Å². The highest BCUT2D eigenvalue weighted by atomic mass is 35.5. The number of hydrogen-bond donors (Lipinski definition) is 0. The normalized spacial score (nSPS) is 9.30. The first kappa shape index (κ1) is 7.57. The molecule has 0 bridgehead atoms. The molecule has 0 N–H and O–H groups in total. The van der Waals surface area contributed by atoms with Crippen LogP contribution in [0, 0.1) is 0 Å². The third-order valence-corrected chi connectivity index (χ3v) is 1.93. The van der Waals surface area contributed by atoms with Crippen LogP contribution in [0.25, 0.3) is 0 Å². The monoisotopic (exact) mass is 176 g/mol. The molecule has 0 radical (unpaired) electrons. The van der Waals surface area contributed by atoms with Crippen LogP contribution in [0.2, 0.25) is 4.34 Å². The largest absolute Gasteiger partial charge is 0.485 e. The smallest absolute Gasteiger partial charge is 0.157 e. The highest BCUT2D eigenvalue weighted by Gasteiger charge is 1.95. The van der Waals surface area contributed by atoms with Crippen molar-refractivity contribution >= 4 is 29.2 Å². The molecule has 0 amide bonds. The molecule has 1 aromatic rings. The summed E-state index contributed by atoms with van der Waals surface area (Å²) in [4.78, 5) is 9.83. The van der Waals surface area contributed by atoms with E-state index in [9.17, 15) is 4.79 Å². The molecule has 1 rings (SSSR count). The summed E-state index contributed by atoms with van der Waals surface area (Å²) in [6, 6.07) is 1.68. The van der Waals surface area contributed by atoms with Gasteiger partial charge in [-0.2, -0.15) is 0 Å². The minimum absolute atomic E-state index is 0.0903.